The average Bonchev–Trinajstić information content (AvgIpc) is 2.81. The summed E-state index contributed by atoms with van der Waals surface area (Å²) >= 11 is 5.93. The molecule has 3 rings (SSSR count). The Morgan fingerprint density at radius 2 is 1.69 bits per heavy atom. The van der Waals surface area contributed by atoms with Gasteiger partial charge in [0.2, 0.25) is 0 Å². The molecule has 0 unspecified atom stereocenters. The van der Waals surface area contributed by atoms with E-state index in [-0.39, 0.29) is 22.5 Å². The van der Waals surface area contributed by atoms with Crippen molar-refractivity contribution in [1.82, 2.24) is 0 Å². The van der Waals surface area contributed by atoms with Crippen molar-refractivity contribution in [3.63, 3.8) is 0 Å². The molecule has 0 spiro atoms. The highest BCUT2D eigenvalue weighted by atomic mass is 35.5. The Bertz CT molecular complexity index is 1370. The third-order valence-corrected chi connectivity index (χ3v) is 5.13. The van der Waals surface area contributed by atoms with Gasteiger partial charge in [-0.1, -0.05) is 41.6 Å². The third-order valence-electron chi connectivity index (χ3n) is 4.82. The molecule has 0 radical (unpaired) electrons. The van der Waals surface area contributed by atoms with Crippen molar-refractivity contribution in [2.24, 2.45) is 0 Å². The molecule has 10 heteroatoms. The van der Waals surface area contributed by atoms with Crippen LogP contribution in [0.15, 0.2) is 60.7 Å². The molecule has 0 aliphatic heterocycles. The van der Waals surface area contributed by atoms with Crippen molar-refractivity contribution >= 4 is 34.9 Å². The van der Waals surface area contributed by atoms with Crippen LogP contribution in [-0.2, 0) is 6.18 Å². The third kappa shape index (κ3) is 5.87. The van der Waals surface area contributed by atoms with Crippen molar-refractivity contribution in [2.75, 3.05) is 11.9 Å². The van der Waals surface area contributed by atoms with Crippen LogP contribution in [0, 0.1) is 17.3 Å². The Morgan fingerprint density at radius 3 is 2.29 bits per heavy atom. The van der Waals surface area contributed by atoms with Crippen LogP contribution in [0.4, 0.5) is 18.9 Å². The van der Waals surface area contributed by atoms with Crippen molar-refractivity contribution in [2.45, 2.75) is 6.18 Å². The number of nitrogens with one attached hydrogen (secondary N) is 2. The number of rotatable bonds is 5. The highest BCUT2D eigenvalue weighted by Gasteiger charge is 2.36. The Balaban J connectivity index is 2.08. The molecule has 0 atom stereocenters. The Hall–Kier alpha value is -4.13. The molecule has 1 amide bonds. The fourth-order valence-electron chi connectivity index (χ4n) is 3.20. The molecule has 0 aliphatic carbocycles. The maximum absolute atomic E-state index is 13.5. The van der Waals surface area contributed by atoms with Gasteiger partial charge in [-0.15, -0.1) is 0 Å². The number of aliphatic hydroxyl groups is 1. The largest absolute Gasteiger partial charge is 0.478 e. The number of carbonyl (C=O) groups is 2. The van der Waals surface area contributed by atoms with Gasteiger partial charge in [-0.2, -0.15) is 13.2 Å². The molecule has 3 aromatic rings. The molecule has 4 N–H and O–H groups in total. The number of anilines is 1. The molecule has 3 aromatic carbocycles. The summed E-state index contributed by atoms with van der Waals surface area (Å²) in [6.45, 7) is -0.441. The van der Waals surface area contributed by atoms with Gasteiger partial charge in [0, 0.05) is 16.7 Å². The van der Waals surface area contributed by atoms with Gasteiger partial charge in [0.15, 0.2) is 0 Å². The number of carbonyl (C=O) groups excluding carboxylic acids is 1. The number of halogens is 4. The lowest BCUT2D eigenvalue weighted by molar-refractivity contribution is -0.137. The predicted molar refractivity (Wildman–Crippen MR) is 124 cm³/mol. The maximum atomic E-state index is 13.5. The highest BCUT2D eigenvalue weighted by molar-refractivity contribution is 6.34. The van der Waals surface area contributed by atoms with Gasteiger partial charge in [0.25, 0.3) is 5.91 Å². The molecule has 35 heavy (non-hydrogen) atoms. The molecule has 0 heterocycles. The van der Waals surface area contributed by atoms with Crippen LogP contribution in [0.3, 0.4) is 0 Å². The summed E-state index contributed by atoms with van der Waals surface area (Å²) in [6, 6.07) is 12.6. The summed E-state index contributed by atoms with van der Waals surface area (Å²) in [6.07, 6.45) is -4.84. The van der Waals surface area contributed by atoms with E-state index in [9.17, 15) is 22.8 Å². The van der Waals surface area contributed by atoms with Crippen molar-refractivity contribution < 1.29 is 33.0 Å². The van der Waals surface area contributed by atoms with Crippen LogP contribution in [0.1, 0.15) is 43.0 Å². The number of aromatic carboxylic acids is 1. The van der Waals surface area contributed by atoms with E-state index in [1.54, 1.807) is 0 Å². The minimum Gasteiger partial charge on any atom is -0.478 e. The zero-order chi connectivity index (χ0) is 25.8. The molecule has 0 bridgehead atoms. The van der Waals surface area contributed by atoms with Gasteiger partial charge in [-0.25, -0.2) is 4.79 Å². The van der Waals surface area contributed by atoms with Gasteiger partial charge in [0.1, 0.15) is 6.61 Å². The quantitative estimate of drug-likeness (QED) is 0.289. The minimum absolute atomic E-state index is 0.00287. The molecule has 0 aliphatic rings. The average molecular weight is 501 g/mol. The standard InChI is InChI=1S/C25H16ClF3N2O4/c26-19-5-1-4-18(25(27,28)29)21(19)23(33)31-20-13-14(3-2-12-32)6-11-17(20)22(30)15-7-9-16(10-8-15)24(34)35/h1,4-11,13,30,32H,12H2,(H,31,33)(H,34,35). The number of carboxylic acid groups (broad SMARTS) is 1. The van der Waals surface area contributed by atoms with E-state index in [4.69, 9.17) is 27.2 Å². The molecule has 6 nitrogen and oxygen atoms in total. The second-order valence-corrected chi connectivity index (χ2v) is 7.50. The zero-order valence-electron chi connectivity index (χ0n) is 17.7. The minimum atomic E-state index is -4.84. The number of benzene rings is 3. The van der Waals surface area contributed by atoms with Gasteiger partial charge in [-0.05, 0) is 42.5 Å². The SMILES string of the molecule is N=C(c1ccc(C(=O)O)cc1)c1ccc(C#CCO)cc1NC(=O)c1c(Cl)cccc1C(F)(F)F. The lowest BCUT2D eigenvalue weighted by Crippen LogP contribution is -2.21. The highest BCUT2D eigenvalue weighted by Crippen LogP contribution is 2.35. The first kappa shape index (κ1) is 25.5. The van der Waals surface area contributed by atoms with Crippen LogP contribution in [0.5, 0.6) is 0 Å². The van der Waals surface area contributed by atoms with Crippen LogP contribution in [0.2, 0.25) is 5.02 Å². The van der Waals surface area contributed by atoms with Gasteiger partial charge in [-0.3, -0.25) is 10.2 Å². The number of aliphatic hydroxyl groups excluding tert-OH is 1. The van der Waals surface area contributed by atoms with Crippen molar-refractivity contribution in [1.29, 1.82) is 5.41 Å². The monoisotopic (exact) mass is 500 g/mol. The topological polar surface area (TPSA) is 110 Å². The molecular weight excluding hydrogens is 485 g/mol. The van der Waals surface area contributed by atoms with Gasteiger partial charge < -0.3 is 15.5 Å². The van der Waals surface area contributed by atoms with Crippen molar-refractivity contribution in [3.8, 4) is 11.8 Å². The Labute approximate surface area is 202 Å². The fraction of sp³-hybridized carbons (Fsp3) is 0.0800. The van der Waals surface area contributed by atoms with Crippen LogP contribution >= 0.6 is 11.6 Å². The van der Waals surface area contributed by atoms with Crippen molar-refractivity contribution in [3.05, 3.63) is 99.1 Å². The molecule has 0 fully saturated rings. The summed E-state index contributed by atoms with van der Waals surface area (Å²) in [5.41, 5.74) is -1.40. The second kappa shape index (κ2) is 10.4. The van der Waals surface area contributed by atoms with E-state index in [2.05, 4.69) is 17.2 Å². The predicted octanol–water partition coefficient (Wildman–Crippen LogP) is 5.07. The summed E-state index contributed by atoms with van der Waals surface area (Å²) < 4.78 is 40.5. The molecule has 178 valence electrons. The Morgan fingerprint density at radius 1 is 1.03 bits per heavy atom. The first-order valence-corrected chi connectivity index (χ1v) is 10.2. The lowest BCUT2D eigenvalue weighted by Gasteiger charge is -2.17. The fourth-order valence-corrected chi connectivity index (χ4v) is 3.46. The molecule has 0 saturated heterocycles. The zero-order valence-corrected chi connectivity index (χ0v) is 18.5. The smallest absolute Gasteiger partial charge is 0.417 e. The van der Waals surface area contributed by atoms with E-state index < -0.39 is 40.8 Å². The van der Waals surface area contributed by atoms with E-state index >= 15 is 0 Å². The maximum Gasteiger partial charge on any atom is 0.417 e. The van der Waals surface area contributed by atoms with Gasteiger partial charge >= 0.3 is 12.1 Å². The summed E-state index contributed by atoms with van der Waals surface area (Å²) in [5.74, 6) is 2.76. The number of hydrogen-bond acceptors (Lipinski definition) is 4. The van der Waals surface area contributed by atoms with Crippen LogP contribution < -0.4 is 5.32 Å². The first-order chi connectivity index (χ1) is 16.5. The van der Waals surface area contributed by atoms with Gasteiger partial charge in [0.05, 0.1) is 33.1 Å². The number of alkyl halides is 3. The Kier molecular flexibility index (Phi) is 7.59. The summed E-state index contributed by atoms with van der Waals surface area (Å²) in [7, 11) is 0. The number of carboxylic acids is 1. The van der Waals surface area contributed by atoms with E-state index in [0.717, 1.165) is 18.2 Å². The lowest BCUT2D eigenvalue weighted by atomic mass is 9.97. The van der Waals surface area contributed by atoms with E-state index in [0.29, 0.717) is 11.1 Å². The second-order valence-electron chi connectivity index (χ2n) is 7.09. The number of hydrogen-bond donors (Lipinski definition) is 4. The van der Waals surface area contributed by atoms with E-state index in [1.165, 1.54) is 42.5 Å². The summed E-state index contributed by atoms with van der Waals surface area (Å²) in [4.78, 5) is 24.0. The van der Waals surface area contributed by atoms with Crippen LogP contribution in [-0.4, -0.2) is 34.4 Å². The molecule has 0 aromatic heterocycles. The number of amides is 1. The van der Waals surface area contributed by atoms with E-state index in [1.807, 2.05) is 0 Å². The van der Waals surface area contributed by atoms with Crippen LogP contribution in [0.25, 0.3) is 0 Å². The molecular formula is C25H16ClF3N2O4. The normalized spacial score (nSPS) is 10.8. The first-order valence-electron chi connectivity index (χ1n) is 9.86. The summed E-state index contributed by atoms with van der Waals surface area (Å²) in [5, 5.41) is 28.5. The molecule has 0 saturated carbocycles.